The Labute approximate surface area is 294 Å². The molecule has 7 rings (SSSR count). The molecule has 0 saturated heterocycles. The third-order valence-electron chi connectivity index (χ3n) is 11.4. The maximum Gasteiger partial charge on any atom is 0.419 e. The van der Waals surface area contributed by atoms with Gasteiger partial charge in [0.05, 0.1) is 24.3 Å². The Bertz CT molecular complexity index is 1790. The molecule has 5 aliphatic rings. The monoisotopic (exact) mass is 738 g/mol. The van der Waals surface area contributed by atoms with E-state index in [1.807, 2.05) is 0 Å². The third kappa shape index (κ3) is 6.73. The third-order valence-corrected chi connectivity index (χ3v) is 11.4. The second-order valence-electron chi connectivity index (χ2n) is 14.4. The molecular weight excluding hydrogens is 701 g/mol. The maximum absolute atomic E-state index is 14.1. The van der Waals surface area contributed by atoms with E-state index in [-0.39, 0.29) is 47.5 Å². The lowest BCUT2D eigenvalue weighted by Crippen LogP contribution is -2.48. The van der Waals surface area contributed by atoms with Crippen LogP contribution in [-0.4, -0.2) is 59.2 Å². The molecule has 9 nitrogen and oxygen atoms in total. The lowest BCUT2D eigenvalue weighted by atomic mass is 9.83. The summed E-state index contributed by atoms with van der Waals surface area (Å²) in [4.78, 5) is 37.7. The molecular formula is C36H37F7N4O5. The minimum atomic E-state index is -4.98. The van der Waals surface area contributed by atoms with Crippen molar-refractivity contribution >= 4 is 23.2 Å². The van der Waals surface area contributed by atoms with Gasteiger partial charge in [-0.3, -0.25) is 9.59 Å². The summed E-state index contributed by atoms with van der Waals surface area (Å²) in [6.45, 7) is 0. The molecule has 2 amide bonds. The molecule has 0 radical (unpaired) electrons. The molecule has 4 unspecified atom stereocenters. The number of halogens is 7. The molecule has 2 heterocycles. The summed E-state index contributed by atoms with van der Waals surface area (Å²) in [5.74, 6) is -5.55. The Kier molecular flexibility index (Phi) is 9.49. The van der Waals surface area contributed by atoms with Gasteiger partial charge in [-0.2, -0.15) is 26.3 Å². The number of hydrogen-bond acceptors (Lipinski definition) is 7. The van der Waals surface area contributed by atoms with E-state index in [1.165, 1.54) is 19.4 Å². The average Bonchev–Trinajstić information content (AvgIpc) is 3.93. The summed E-state index contributed by atoms with van der Waals surface area (Å²) >= 11 is 0. The summed E-state index contributed by atoms with van der Waals surface area (Å²) in [7, 11) is 1.30. The van der Waals surface area contributed by atoms with Crippen molar-refractivity contribution in [2.24, 2.45) is 40.7 Å². The quantitative estimate of drug-likeness (QED) is 0.202. The van der Waals surface area contributed by atoms with Crippen molar-refractivity contribution in [2.75, 3.05) is 12.4 Å². The number of amides is 2. The van der Waals surface area contributed by atoms with Crippen LogP contribution in [0.3, 0.4) is 0 Å². The van der Waals surface area contributed by atoms with Crippen molar-refractivity contribution in [3.8, 4) is 5.88 Å². The number of oxime groups is 1. The number of carbonyl (C=O) groups excluding carboxylic acids is 2. The number of aliphatic hydroxyl groups excluding tert-OH is 1. The number of aromatic nitrogens is 1. The van der Waals surface area contributed by atoms with Crippen LogP contribution >= 0.6 is 0 Å². The first-order chi connectivity index (χ1) is 24.6. The van der Waals surface area contributed by atoms with E-state index in [4.69, 9.17) is 9.57 Å². The number of hydrogen-bond donors (Lipinski definition) is 3. The van der Waals surface area contributed by atoms with Crippen LogP contribution in [0.1, 0.15) is 72.9 Å². The van der Waals surface area contributed by atoms with Gasteiger partial charge in [-0.25, -0.2) is 9.37 Å². The number of benzene rings is 1. The lowest BCUT2D eigenvalue weighted by Gasteiger charge is -2.30. The molecule has 2 bridgehead atoms. The predicted molar refractivity (Wildman–Crippen MR) is 172 cm³/mol. The largest absolute Gasteiger partial charge is 0.480 e. The van der Waals surface area contributed by atoms with Crippen LogP contribution in [0, 0.1) is 41.3 Å². The van der Waals surface area contributed by atoms with Gasteiger partial charge in [0.25, 0.3) is 5.91 Å². The van der Waals surface area contributed by atoms with Crippen LogP contribution in [0.5, 0.6) is 5.88 Å². The van der Waals surface area contributed by atoms with Crippen LogP contribution in [0.4, 0.5) is 36.4 Å². The van der Waals surface area contributed by atoms with Crippen LogP contribution < -0.4 is 15.4 Å². The van der Waals surface area contributed by atoms with Crippen LogP contribution in [0.2, 0.25) is 0 Å². The Morgan fingerprint density at radius 2 is 1.75 bits per heavy atom. The Morgan fingerprint density at radius 3 is 2.44 bits per heavy atom. The van der Waals surface area contributed by atoms with Crippen molar-refractivity contribution in [3.05, 3.63) is 64.6 Å². The number of carbonyl (C=O) groups is 2. The van der Waals surface area contributed by atoms with Crippen molar-refractivity contribution < 1.29 is 55.0 Å². The van der Waals surface area contributed by atoms with Crippen LogP contribution in [0.15, 0.2) is 47.3 Å². The molecule has 52 heavy (non-hydrogen) atoms. The number of rotatable bonds is 8. The first-order valence-corrected chi connectivity index (χ1v) is 17.4. The fraction of sp³-hybridized carbons (Fsp3) is 0.556. The predicted octanol–water partition coefficient (Wildman–Crippen LogP) is 6.81. The molecule has 2 aromatic rings. The Morgan fingerprint density at radius 1 is 1.02 bits per heavy atom. The number of anilines is 1. The summed E-state index contributed by atoms with van der Waals surface area (Å²) < 4.78 is 99.5. The second kappa shape index (κ2) is 13.6. The number of nitrogens with zero attached hydrogens (tertiary/aromatic N) is 2. The zero-order chi connectivity index (χ0) is 37.1. The van der Waals surface area contributed by atoms with Gasteiger partial charge in [-0.05, 0) is 80.5 Å². The van der Waals surface area contributed by atoms with E-state index in [0.29, 0.717) is 36.5 Å². The SMILES string of the molecule is COc1ncc(C2=NOC3CC(C(O)C(F)(F)F)CC23)cc1C(=O)N[C@H]1[C@@H](C(=O)Nc2ccc(F)c(C(F)(F)F)c2)[C@H]2CC[C@@H]1/C2=C\C1CCCC1. The van der Waals surface area contributed by atoms with Gasteiger partial charge in [0.15, 0.2) is 6.10 Å². The van der Waals surface area contributed by atoms with Crippen LogP contribution in [-0.2, 0) is 15.8 Å². The fourth-order valence-electron chi connectivity index (χ4n) is 9.04. The highest BCUT2D eigenvalue weighted by atomic mass is 19.4. The number of fused-ring (bicyclic) bond motifs is 3. The fourth-order valence-corrected chi connectivity index (χ4v) is 9.04. The number of allylic oxidation sites excluding steroid dienone is 1. The van der Waals surface area contributed by atoms with Crippen molar-refractivity contribution in [3.63, 3.8) is 0 Å². The number of ether oxygens (including phenoxy) is 1. The normalized spacial score (nSPS) is 29.9. The first-order valence-electron chi connectivity index (χ1n) is 17.4. The zero-order valence-corrected chi connectivity index (χ0v) is 27.9. The van der Waals surface area contributed by atoms with E-state index < -0.39 is 71.6 Å². The van der Waals surface area contributed by atoms with Gasteiger partial charge < -0.3 is 25.3 Å². The van der Waals surface area contributed by atoms with Gasteiger partial charge >= 0.3 is 12.4 Å². The molecule has 4 fully saturated rings. The molecule has 0 spiro atoms. The Balaban J connectivity index is 1.16. The minimum Gasteiger partial charge on any atom is -0.480 e. The number of nitrogens with one attached hydrogen (secondary N) is 2. The van der Waals surface area contributed by atoms with Crippen molar-refractivity contribution in [1.82, 2.24) is 10.3 Å². The van der Waals surface area contributed by atoms with Crippen LogP contribution in [0.25, 0.3) is 0 Å². The molecule has 3 N–H and O–H groups in total. The number of alkyl halides is 6. The molecule has 1 aromatic heterocycles. The number of pyridine rings is 1. The molecule has 16 heteroatoms. The summed E-state index contributed by atoms with van der Waals surface area (Å²) in [5.41, 5.74) is -0.165. The summed E-state index contributed by atoms with van der Waals surface area (Å²) in [5, 5.41) is 19.5. The van der Waals surface area contributed by atoms with Gasteiger partial charge in [-0.1, -0.05) is 29.6 Å². The molecule has 280 valence electrons. The average molecular weight is 739 g/mol. The van der Waals surface area contributed by atoms with Crippen molar-refractivity contribution in [2.45, 2.75) is 82.0 Å². The molecule has 1 aromatic carbocycles. The molecule has 4 saturated carbocycles. The number of methoxy groups -OCH3 is 1. The summed E-state index contributed by atoms with van der Waals surface area (Å²) in [6.07, 6.45) is -4.09. The van der Waals surface area contributed by atoms with E-state index >= 15 is 0 Å². The highest BCUT2D eigenvalue weighted by Gasteiger charge is 2.55. The lowest BCUT2D eigenvalue weighted by molar-refractivity contribution is -0.219. The van der Waals surface area contributed by atoms with E-state index in [9.17, 15) is 45.4 Å². The minimum absolute atomic E-state index is 0.0346. The maximum atomic E-state index is 14.1. The van der Waals surface area contributed by atoms with Gasteiger partial charge in [-0.15, -0.1) is 0 Å². The van der Waals surface area contributed by atoms with Gasteiger partial charge in [0.1, 0.15) is 17.5 Å². The molecule has 1 aliphatic heterocycles. The zero-order valence-electron chi connectivity index (χ0n) is 27.9. The standard InChI is InChI=1S/C36H37F7N4O5/c1-51-34-24(12-18(15-44-34)29-23-11-17(13-27(23)52-47-29)31(48)36(41,42)43)32(49)46-30-21-8-7-20(22(21)10-16-4-2-3-5-16)28(30)33(50)45-19-6-9-26(37)25(14-19)35(38,39)40/h6,9-10,12,14-17,20-21,23,27-28,30-31,48H,2-5,7-8,11,13H2,1H3,(H,45,50)(H,46,49)/b22-10-/t17?,20-,21+,23?,27?,28-,30+,31?/m0/s1. The van der Waals surface area contributed by atoms with E-state index in [1.54, 1.807) is 0 Å². The molecule has 4 aliphatic carbocycles. The number of aliphatic hydroxyl groups is 1. The van der Waals surface area contributed by atoms with Crippen molar-refractivity contribution in [1.29, 1.82) is 0 Å². The van der Waals surface area contributed by atoms with E-state index in [0.717, 1.165) is 37.3 Å². The van der Waals surface area contributed by atoms with Gasteiger partial charge in [0, 0.05) is 35.3 Å². The highest BCUT2D eigenvalue weighted by molar-refractivity contribution is 6.06. The van der Waals surface area contributed by atoms with E-state index in [2.05, 4.69) is 26.8 Å². The molecule has 8 atom stereocenters. The Hall–Kier alpha value is -4.21. The topological polar surface area (TPSA) is 122 Å². The smallest absolute Gasteiger partial charge is 0.419 e. The highest BCUT2D eigenvalue weighted by Crippen LogP contribution is 2.54. The first kappa shape index (κ1) is 36.2. The second-order valence-corrected chi connectivity index (χ2v) is 14.4. The summed E-state index contributed by atoms with van der Waals surface area (Å²) in [6, 6.07) is 2.92. The van der Waals surface area contributed by atoms with Gasteiger partial charge in [0.2, 0.25) is 11.8 Å².